The molecule has 0 heterocycles. The fourth-order valence-corrected chi connectivity index (χ4v) is 1.73. The van der Waals surface area contributed by atoms with E-state index >= 15 is 0 Å². The van der Waals surface area contributed by atoms with Crippen LogP contribution in [0.4, 0.5) is 4.39 Å². The Morgan fingerprint density at radius 1 is 1.00 bits per heavy atom. The SMILES string of the molecule is Fc1ccccc1OCc1ccccc1Br. The van der Waals surface area contributed by atoms with Crippen LogP contribution in [0.5, 0.6) is 5.75 Å². The minimum atomic E-state index is -0.338. The summed E-state index contributed by atoms with van der Waals surface area (Å²) in [5, 5.41) is 0. The molecule has 16 heavy (non-hydrogen) atoms. The zero-order valence-electron chi connectivity index (χ0n) is 8.49. The van der Waals surface area contributed by atoms with E-state index in [1.165, 1.54) is 6.07 Å². The molecule has 0 radical (unpaired) electrons. The quantitative estimate of drug-likeness (QED) is 0.820. The van der Waals surface area contributed by atoms with Gasteiger partial charge in [0.2, 0.25) is 0 Å². The molecule has 0 saturated carbocycles. The second-order valence-electron chi connectivity index (χ2n) is 3.31. The molecular formula is C13H10BrFO. The molecule has 0 fully saturated rings. The zero-order chi connectivity index (χ0) is 11.4. The van der Waals surface area contributed by atoms with E-state index in [1.54, 1.807) is 18.2 Å². The van der Waals surface area contributed by atoms with Gasteiger partial charge < -0.3 is 4.74 Å². The largest absolute Gasteiger partial charge is 0.486 e. The Hall–Kier alpha value is -1.35. The summed E-state index contributed by atoms with van der Waals surface area (Å²) in [6.07, 6.45) is 0. The average Bonchev–Trinajstić information content (AvgIpc) is 2.30. The van der Waals surface area contributed by atoms with Gasteiger partial charge in [-0.05, 0) is 18.2 Å². The summed E-state index contributed by atoms with van der Waals surface area (Å²) in [4.78, 5) is 0. The highest BCUT2D eigenvalue weighted by molar-refractivity contribution is 9.10. The van der Waals surface area contributed by atoms with E-state index in [9.17, 15) is 4.39 Å². The number of hydrogen-bond donors (Lipinski definition) is 0. The maximum absolute atomic E-state index is 13.3. The van der Waals surface area contributed by atoms with Gasteiger partial charge in [0.25, 0.3) is 0 Å². The summed E-state index contributed by atoms with van der Waals surface area (Å²) in [6.45, 7) is 0.350. The van der Waals surface area contributed by atoms with Gasteiger partial charge >= 0.3 is 0 Å². The van der Waals surface area contributed by atoms with E-state index in [2.05, 4.69) is 15.9 Å². The normalized spacial score (nSPS) is 10.1. The van der Waals surface area contributed by atoms with Crippen LogP contribution >= 0.6 is 15.9 Å². The van der Waals surface area contributed by atoms with Gasteiger partial charge in [-0.15, -0.1) is 0 Å². The third kappa shape index (κ3) is 2.61. The summed E-state index contributed by atoms with van der Waals surface area (Å²) in [5.74, 6) is -0.0622. The maximum atomic E-state index is 13.3. The maximum Gasteiger partial charge on any atom is 0.165 e. The van der Waals surface area contributed by atoms with Crippen molar-refractivity contribution in [1.29, 1.82) is 0 Å². The van der Waals surface area contributed by atoms with Gasteiger partial charge in [0.1, 0.15) is 6.61 Å². The van der Waals surface area contributed by atoms with Crippen molar-refractivity contribution in [3.63, 3.8) is 0 Å². The summed E-state index contributed by atoms with van der Waals surface area (Å²) in [6, 6.07) is 14.1. The summed E-state index contributed by atoms with van der Waals surface area (Å²) in [7, 11) is 0. The minimum absolute atomic E-state index is 0.276. The van der Waals surface area contributed by atoms with Crippen molar-refractivity contribution >= 4 is 15.9 Å². The van der Waals surface area contributed by atoms with Crippen LogP contribution in [-0.2, 0) is 6.61 Å². The topological polar surface area (TPSA) is 9.23 Å². The highest BCUT2D eigenvalue weighted by Gasteiger charge is 2.03. The monoisotopic (exact) mass is 280 g/mol. The molecule has 2 rings (SSSR count). The van der Waals surface area contributed by atoms with Crippen molar-refractivity contribution in [3.8, 4) is 5.75 Å². The first-order valence-corrected chi connectivity index (χ1v) is 5.67. The first kappa shape index (κ1) is 11.1. The van der Waals surface area contributed by atoms with Crippen LogP contribution in [-0.4, -0.2) is 0 Å². The number of halogens is 2. The molecule has 0 aromatic heterocycles. The van der Waals surface area contributed by atoms with Crippen molar-refractivity contribution in [3.05, 3.63) is 64.4 Å². The Morgan fingerprint density at radius 2 is 1.69 bits per heavy atom. The molecule has 82 valence electrons. The number of rotatable bonds is 3. The lowest BCUT2D eigenvalue weighted by Gasteiger charge is -2.08. The Kier molecular flexibility index (Phi) is 3.57. The van der Waals surface area contributed by atoms with E-state index in [0.717, 1.165) is 10.0 Å². The fraction of sp³-hybridized carbons (Fsp3) is 0.0769. The average molecular weight is 281 g/mol. The molecular weight excluding hydrogens is 271 g/mol. The Morgan fingerprint density at radius 3 is 2.44 bits per heavy atom. The third-order valence-electron chi connectivity index (χ3n) is 2.18. The Balaban J connectivity index is 2.09. The fourth-order valence-electron chi connectivity index (χ4n) is 1.33. The van der Waals surface area contributed by atoms with E-state index < -0.39 is 0 Å². The molecule has 1 nitrogen and oxygen atoms in total. The number of benzene rings is 2. The predicted octanol–water partition coefficient (Wildman–Crippen LogP) is 4.17. The molecule has 0 amide bonds. The molecule has 0 spiro atoms. The zero-order valence-corrected chi connectivity index (χ0v) is 10.1. The van der Waals surface area contributed by atoms with Gasteiger partial charge in [-0.3, -0.25) is 0 Å². The second-order valence-corrected chi connectivity index (χ2v) is 4.16. The summed E-state index contributed by atoms with van der Waals surface area (Å²) < 4.78 is 19.6. The van der Waals surface area contributed by atoms with Gasteiger partial charge in [-0.2, -0.15) is 0 Å². The molecule has 0 N–H and O–H groups in total. The molecule has 0 aliphatic rings. The van der Waals surface area contributed by atoms with E-state index in [-0.39, 0.29) is 11.6 Å². The van der Waals surface area contributed by atoms with Crippen LogP contribution < -0.4 is 4.74 Å². The van der Waals surface area contributed by atoms with Gasteiger partial charge in [0.15, 0.2) is 11.6 Å². The van der Waals surface area contributed by atoms with Crippen molar-refractivity contribution in [1.82, 2.24) is 0 Å². The van der Waals surface area contributed by atoms with Gasteiger partial charge in [0, 0.05) is 10.0 Å². The predicted molar refractivity (Wildman–Crippen MR) is 64.9 cm³/mol. The minimum Gasteiger partial charge on any atom is -0.486 e. The van der Waals surface area contributed by atoms with Crippen molar-refractivity contribution in [2.24, 2.45) is 0 Å². The van der Waals surface area contributed by atoms with Gasteiger partial charge in [-0.25, -0.2) is 4.39 Å². The highest BCUT2D eigenvalue weighted by Crippen LogP contribution is 2.20. The van der Waals surface area contributed by atoms with E-state index in [4.69, 9.17) is 4.74 Å². The highest BCUT2D eigenvalue weighted by atomic mass is 79.9. The lowest BCUT2D eigenvalue weighted by Crippen LogP contribution is -1.97. The lowest BCUT2D eigenvalue weighted by atomic mass is 10.2. The van der Waals surface area contributed by atoms with E-state index in [1.807, 2.05) is 24.3 Å². The lowest BCUT2D eigenvalue weighted by molar-refractivity contribution is 0.289. The van der Waals surface area contributed by atoms with Crippen LogP contribution in [0.15, 0.2) is 53.0 Å². The molecule has 0 saturated heterocycles. The summed E-state index contributed by atoms with van der Waals surface area (Å²) >= 11 is 3.41. The molecule has 0 aliphatic carbocycles. The smallest absolute Gasteiger partial charge is 0.165 e. The molecule has 3 heteroatoms. The number of para-hydroxylation sites is 1. The molecule has 2 aromatic rings. The van der Waals surface area contributed by atoms with Crippen LogP contribution in [0.3, 0.4) is 0 Å². The van der Waals surface area contributed by atoms with E-state index in [0.29, 0.717) is 6.61 Å². The Bertz CT molecular complexity index is 439. The molecule has 0 aliphatic heterocycles. The second kappa shape index (κ2) is 5.12. The number of ether oxygens (including phenoxy) is 1. The van der Waals surface area contributed by atoms with Gasteiger partial charge in [0.05, 0.1) is 0 Å². The molecule has 0 unspecified atom stereocenters. The van der Waals surface area contributed by atoms with Crippen LogP contribution in [0, 0.1) is 5.82 Å². The van der Waals surface area contributed by atoms with Crippen molar-refractivity contribution in [2.75, 3.05) is 0 Å². The first-order chi connectivity index (χ1) is 7.77. The van der Waals surface area contributed by atoms with Crippen molar-refractivity contribution in [2.45, 2.75) is 6.61 Å². The molecule has 0 atom stereocenters. The Labute approximate surface area is 102 Å². The summed E-state index contributed by atoms with van der Waals surface area (Å²) in [5.41, 5.74) is 0.991. The van der Waals surface area contributed by atoms with Crippen LogP contribution in [0.2, 0.25) is 0 Å². The number of hydrogen-bond acceptors (Lipinski definition) is 1. The van der Waals surface area contributed by atoms with Crippen LogP contribution in [0.1, 0.15) is 5.56 Å². The molecule has 0 bridgehead atoms. The van der Waals surface area contributed by atoms with Gasteiger partial charge in [-0.1, -0.05) is 46.3 Å². The molecule has 2 aromatic carbocycles. The van der Waals surface area contributed by atoms with Crippen LogP contribution in [0.25, 0.3) is 0 Å². The first-order valence-electron chi connectivity index (χ1n) is 4.88. The third-order valence-corrected chi connectivity index (χ3v) is 2.95. The standard InChI is InChI=1S/C13H10BrFO/c14-11-6-2-1-5-10(11)9-16-13-8-4-3-7-12(13)15/h1-8H,9H2. The van der Waals surface area contributed by atoms with Crippen molar-refractivity contribution < 1.29 is 9.13 Å².